The maximum Gasteiger partial charge on any atom is 0.216 e. The van der Waals surface area contributed by atoms with Crippen LogP contribution in [0.25, 0.3) is 0 Å². The first-order valence-electron chi connectivity index (χ1n) is 6.46. The molecule has 3 aliphatic rings. The fourth-order valence-corrected chi connectivity index (χ4v) is 3.62. The number of ether oxygens (including phenoxy) is 1. The molecule has 1 aromatic carbocycles. The lowest BCUT2D eigenvalue weighted by atomic mass is 9.90. The summed E-state index contributed by atoms with van der Waals surface area (Å²) in [6.45, 7) is 0.887. The third kappa shape index (κ3) is 1.52. The Morgan fingerprint density at radius 2 is 2.11 bits per heavy atom. The van der Waals surface area contributed by atoms with E-state index in [2.05, 4.69) is 17.1 Å². The quantitative estimate of drug-likeness (QED) is 0.709. The third-order valence-electron chi connectivity index (χ3n) is 4.31. The zero-order valence-corrected chi connectivity index (χ0v) is 10.7. The van der Waals surface area contributed by atoms with Gasteiger partial charge < -0.3 is 4.74 Å². The highest BCUT2D eigenvalue weighted by atomic mass is 35.5. The molecule has 4 atom stereocenters. The van der Waals surface area contributed by atoms with E-state index in [1.807, 2.05) is 24.3 Å². The fraction of sp³-hybridized carbons (Fsp3) is 0.400. The van der Waals surface area contributed by atoms with Crippen molar-refractivity contribution < 1.29 is 4.74 Å². The van der Waals surface area contributed by atoms with Gasteiger partial charge in [0.2, 0.25) is 5.90 Å². The van der Waals surface area contributed by atoms with Gasteiger partial charge in [-0.15, -0.1) is 0 Å². The largest absolute Gasteiger partial charge is 0.473 e. The Balaban J connectivity index is 1.64. The lowest BCUT2D eigenvalue weighted by molar-refractivity contribution is 0.0990. The van der Waals surface area contributed by atoms with Crippen LogP contribution < -0.4 is 0 Å². The number of halogens is 1. The molecule has 0 radical (unpaired) electrons. The van der Waals surface area contributed by atoms with Crippen LogP contribution in [0.1, 0.15) is 12.0 Å². The van der Waals surface area contributed by atoms with Gasteiger partial charge in [-0.2, -0.15) is 0 Å². The Hall–Kier alpha value is -1.28. The first-order valence-corrected chi connectivity index (χ1v) is 6.84. The second-order valence-corrected chi connectivity index (χ2v) is 5.79. The van der Waals surface area contributed by atoms with Crippen LogP contribution in [0.2, 0.25) is 5.02 Å². The number of hydrogen-bond acceptors (Lipinski definition) is 2. The molecule has 1 fully saturated rings. The van der Waals surface area contributed by atoms with Crippen molar-refractivity contribution in [1.82, 2.24) is 0 Å². The van der Waals surface area contributed by atoms with Gasteiger partial charge in [0.15, 0.2) is 0 Å². The summed E-state index contributed by atoms with van der Waals surface area (Å²) in [5.41, 5.74) is 0.993. The van der Waals surface area contributed by atoms with Crippen LogP contribution in [0.5, 0.6) is 0 Å². The van der Waals surface area contributed by atoms with Crippen molar-refractivity contribution in [2.45, 2.75) is 12.5 Å². The predicted octanol–water partition coefficient (Wildman–Crippen LogP) is 3.31. The molecule has 0 N–H and O–H groups in total. The van der Waals surface area contributed by atoms with Gasteiger partial charge in [-0.05, 0) is 30.5 Å². The molecule has 1 aliphatic heterocycles. The minimum atomic E-state index is 0.325. The molecule has 18 heavy (non-hydrogen) atoms. The summed E-state index contributed by atoms with van der Waals surface area (Å²) < 4.78 is 6.13. The molecule has 1 aromatic rings. The zero-order chi connectivity index (χ0) is 12.1. The van der Waals surface area contributed by atoms with Gasteiger partial charge in [-0.3, -0.25) is 4.99 Å². The van der Waals surface area contributed by atoms with Crippen molar-refractivity contribution in [3.63, 3.8) is 0 Å². The summed E-state index contributed by atoms with van der Waals surface area (Å²) in [7, 11) is 0. The monoisotopic (exact) mass is 259 g/mol. The van der Waals surface area contributed by atoms with Crippen LogP contribution in [0.15, 0.2) is 41.4 Å². The molecule has 0 aromatic heterocycles. The number of nitrogens with zero attached hydrogens (tertiary/aromatic N) is 1. The Labute approximate surface area is 111 Å². The standard InChI is InChI=1S/C15H14ClNO/c16-12-3-1-2-11(7-12)15-17-8-13-9-4-5-10(6-9)14(13)18-15/h1-5,7,9-10,13-14H,6,8H2/t9-,10+,13+,14-/m0/s1. The molecular formula is C15H14ClNO. The van der Waals surface area contributed by atoms with Gasteiger partial charge >= 0.3 is 0 Å². The molecule has 0 saturated heterocycles. The zero-order valence-electron chi connectivity index (χ0n) is 9.92. The van der Waals surface area contributed by atoms with Crippen LogP contribution in [-0.2, 0) is 4.74 Å². The van der Waals surface area contributed by atoms with Crippen molar-refractivity contribution in [2.75, 3.05) is 6.54 Å². The van der Waals surface area contributed by atoms with Crippen LogP contribution >= 0.6 is 11.6 Å². The average Bonchev–Trinajstić information content (AvgIpc) is 3.00. The average molecular weight is 260 g/mol. The molecular weight excluding hydrogens is 246 g/mol. The van der Waals surface area contributed by atoms with Crippen molar-refractivity contribution >= 4 is 17.5 Å². The van der Waals surface area contributed by atoms with Crippen molar-refractivity contribution in [2.24, 2.45) is 22.7 Å². The summed E-state index contributed by atoms with van der Waals surface area (Å²) in [5, 5.41) is 0.730. The summed E-state index contributed by atoms with van der Waals surface area (Å²) in [6.07, 6.45) is 6.22. The molecule has 2 aliphatic carbocycles. The molecule has 3 heteroatoms. The Bertz CT molecular complexity index is 551. The van der Waals surface area contributed by atoms with Gasteiger partial charge in [0.1, 0.15) is 6.10 Å². The van der Waals surface area contributed by atoms with E-state index in [9.17, 15) is 0 Å². The van der Waals surface area contributed by atoms with Crippen LogP contribution in [0, 0.1) is 17.8 Å². The number of allylic oxidation sites excluding steroid dienone is 1. The first-order chi connectivity index (χ1) is 8.81. The van der Waals surface area contributed by atoms with Crippen molar-refractivity contribution in [1.29, 1.82) is 0 Å². The van der Waals surface area contributed by atoms with E-state index in [1.165, 1.54) is 6.42 Å². The number of fused-ring (bicyclic) bond motifs is 5. The smallest absolute Gasteiger partial charge is 0.216 e. The Kier molecular flexibility index (Phi) is 2.28. The third-order valence-corrected chi connectivity index (χ3v) is 4.54. The van der Waals surface area contributed by atoms with Gasteiger partial charge in [-0.1, -0.05) is 29.8 Å². The molecule has 1 heterocycles. The maximum atomic E-state index is 6.13. The Morgan fingerprint density at radius 1 is 1.22 bits per heavy atom. The highest BCUT2D eigenvalue weighted by Crippen LogP contribution is 2.47. The second kappa shape index (κ2) is 3.86. The lowest BCUT2D eigenvalue weighted by Crippen LogP contribution is -2.36. The van der Waals surface area contributed by atoms with E-state index < -0.39 is 0 Å². The molecule has 0 amide bonds. The van der Waals surface area contributed by atoms with E-state index in [1.54, 1.807) is 0 Å². The van der Waals surface area contributed by atoms with E-state index in [4.69, 9.17) is 16.3 Å². The maximum absolute atomic E-state index is 6.13. The normalized spacial score (nSPS) is 36.2. The van der Waals surface area contributed by atoms with E-state index in [0.29, 0.717) is 23.9 Å². The van der Waals surface area contributed by atoms with E-state index in [0.717, 1.165) is 23.0 Å². The molecule has 0 spiro atoms. The van der Waals surface area contributed by atoms with Gasteiger partial charge in [0.05, 0.1) is 0 Å². The molecule has 1 saturated carbocycles. The number of benzene rings is 1. The number of aliphatic imine (C=N–C) groups is 1. The molecule has 2 bridgehead atoms. The molecule has 92 valence electrons. The Morgan fingerprint density at radius 3 is 3.00 bits per heavy atom. The number of hydrogen-bond donors (Lipinski definition) is 0. The fourth-order valence-electron chi connectivity index (χ4n) is 3.43. The van der Waals surface area contributed by atoms with Gasteiger partial charge in [0.25, 0.3) is 0 Å². The number of rotatable bonds is 1. The van der Waals surface area contributed by atoms with E-state index in [-0.39, 0.29) is 0 Å². The topological polar surface area (TPSA) is 21.6 Å². The van der Waals surface area contributed by atoms with Crippen molar-refractivity contribution in [3.05, 3.63) is 47.0 Å². The first kappa shape index (κ1) is 10.6. The van der Waals surface area contributed by atoms with Crippen LogP contribution in [0.3, 0.4) is 0 Å². The predicted molar refractivity (Wildman–Crippen MR) is 72.0 cm³/mol. The molecule has 4 rings (SSSR count). The summed E-state index contributed by atoms with van der Waals surface area (Å²) in [4.78, 5) is 4.60. The SMILES string of the molecule is Clc1cccc(C2=NC[C@H]3[C@@H](O2)[C@@H]2C=C[C@H]3C2)c1. The lowest BCUT2D eigenvalue weighted by Gasteiger charge is -2.32. The molecule has 0 unspecified atom stereocenters. The highest BCUT2D eigenvalue weighted by molar-refractivity contribution is 6.30. The van der Waals surface area contributed by atoms with Gasteiger partial charge in [0, 0.05) is 29.0 Å². The van der Waals surface area contributed by atoms with Gasteiger partial charge in [-0.25, -0.2) is 0 Å². The van der Waals surface area contributed by atoms with Crippen molar-refractivity contribution in [3.8, 4) is 0 Å². The second-order valence-electron chi connectivity index (χ2n) is 5.35. The summed E-state index contributed by atoms with van der Waals surface area (Å²) in [6, 6.07) is 7.74. The molecule has 2 nitrogen and oxygen atoms in total. The highest BCUT2D eigenvalue weighted by Gasteiger charge is 2.47. The van der Waals surface area contributed by atoms with Crippen LogP contribution in [-0.4, -0.2) is 18.5 Å². The van der Waals surface area contributed by atoms with Crippen LogP contribution in [0.4, 0.5) is 0 Å². The minimum absolute atomic E-state index is 0.325. The summed E-state index contributed by atoms with van der Waals surface area (Å²) >= 11 is 6.02. The van der Waals surface area contributed by atoms with E-state index >= 15 is 0 Å². The minimum Gasteiger partial charge on any atom is -0.473 e. The summed E-state index contributed by atoms with van der Waals surface area (Å²) in [5.74, 6) is 2.62.